The summed E-state index contributed by atoms with van der Waals surface area (Å²) in [5.41, 5.74) is 1.81. The maximum Gasteiger partial charge on any atom is 0.281 e. The Morgan fingerprint density at radius 1 is 1.19 bits per heavy atom. The summed E-state index contributed by atoms with van der Waals surface area (Å²) in [7, 11) is 0. The van der Waals surface area contributed by atoms with Crippen molar-refractivity contribution in [3.63, 3.8) is 0 Å². The first kappa shape index (κ1) is 20.2. The van der Waals surface area contributed by atoms with Crippen molar-refractivity contribution in [1.29, 1.82) is 0 Å². The minimum Gasteiger partial charge on any atom is -0.478 e. The molecule has 2 aromatic heterocycles. The van der Waals surface area contributed by atoms with Crippen molar-refractivity contribution in [3.05, 3.63) is 42.1 Å². The van der Waals surface area contributed by atoms with E-state index in [-0.39, 0.29) is 5.91 Å². The minimum atomic E-state index is 0.210. The molecule has 5 rings (SSSR count). The second kappa shape index (κ2) is 8.43. The lowest BCUT2D eigenvalue weighted by Gasteiger charge is -2.38. The molecule has 2 fully saturated rings. The van der Waals surface area contributed by atoms with Gasteiger partial charge in [0.05, 0.1) is 4.70 Å². The van der Waals surface area contributed by atoms with Gasteiger partial charge >= 0.3 is 0 Å². The molecule has 0 radical (unpaired) electrons. The third-order valence-electron chi connectivity index (χ3n) is 6.10. The highest BCUT2D eigenvalue weighted by atomic mass is 32.1. The monoisotopic (exact) mass is 438 g/mol. The van der Waals surface area contributed by atoms with Crippen molar-refractivity contribution >= 4 is 27.6 Å². The van der Waals surface area contributed by atoms with Gasteiger partial charge in [0.1, 0.15) is 18.2 Å². The van der Waals surface area contributed by atoms with Gasteiger partial charge in [-0.05, 0) is 68.5 Å². The van der Waals surface area contributed by atoms with Gasteiger partial charge in [-0.1, -0.05) is 11.3 Å². The predicted molar refractivity (Wildman–Crippen MR) is 120 cm³/mol. The van der Waals surface area contributed by atoms with Gasteiger partial charge in [-0.2, -0.15) is 4.98 Å². The number of fused-ring (bicyclic) bond motifs is 3. The highest BCUT2D eigenvalue weighted by Gasteiger charge is 2.41. The van der Waals surface area contributed by atoms with Gasteiger partial charge in [-0.15, -0.1) is 0 Å². The molecule has 4 heterocycles. The quantitative estimate of drug-likeness (QED) is 0.580. The normalized spacial score (nSPS) is 22.6. The Morgan fingerprint density at radius 2 is 1.90 bits per heavy atom. The van der Waals surface area contributed by atoms with E-state index in [2.05, 4.69) is 26.3 Å². The number of ether oxygens (including phenoxy) is 2. The van der Waals surface area contributed by atoms with Gasteiger partial charge in [-0.25, -0.2) is 4.98 Å². The van der Waals surface area contributed by atoms with Gasteiger partial charge in [0, 0.05) is 31.2 Å². The second-order valence-corrected chi connectivity index (χ2v) is 9.35. The average molecular weight is 439 g/mol. The summed E-state index contributed by atoms with van der Waals surface area (Å²) < 4.78 is 12.8. The Balaban J connectivity index is 1.12. The van der Waals surface area contributed by atoms with Crippen LogP contribution in [0.2, 0.25) is 0 Å². The van der Waals surface area contributed by atoms with Gasteiger partial charge in [0.25, 0.3) is 5.19 Å². The molecule has 2 saturated heterocycles. The Morgan fingerprint density at radius 3 is 2.61 bits per heavy atom. The van der Waals surface area contributed by atoms with Crippen LogP contribution in [-0.2, 0) is 4.79 Å². The lowest BCUT2D eigenvalue weighted by Crippen LogP contribution is -2.51. The summed E-state index contributed by atoms with van der Waals surface area (Å²) in [6, 6.07) is 10.8. The zero-order valence-corrected chi connectivity index (χ0v) is 18.5. The molecule has 0 unspecified atom stereocenters. The molecular formula is C23H26N4O3S. The van der Waals surface area contributed by atoms with Crippen molar-refractivity contribution in [2.24, 2.45) is 0 Å². The molecule has 7 nitrogen and oxygen atoms in total. The van der Waals surface area contributed by atoms with E-state index in [0.29, 0.717) is 41.4 Å². The van der Waals surface area contributed by atoms with E-state index >= 15 is 0 Å². The molecule has 8 heteroatoms. The number of pyridine rings is 1. The smallest absolute Gasteiger partial charge is 0.281 e. The van der Waals surface area contributed by atoms with E-state index in [1.165, 1.54) is 11.3 Å². The molecule has 0 aliphatic carbocycles. The Kier molecular flexibility index (Phi) is 5.50. The lowest BCUT2D eigenvalue weighted by atomic mass is 9.97. The zero-order chi connectivity index (χ0) is 21.4. The van der Waals surface area contributed by atoms with Crippen molar-refractivity contribution in [2.75, 3.05) is 6.73 Å². The van der Waals surface area contributed by atoms with E-state index in [1.54, 1.807) is 6.92 Å². The molecule has 3 atom stereocenters. The number of piperidine rings is 1. The summed E-state index contributed by atoms with van der Waals surface area (Å²) >= 11 is 1.49. The maximum absolute atomic E-state index is 11.8. The molecule has 2 aliphatic rings. The summed E-state index contributed by atoms with van der Waals surface area (Å²) in [5.74, 6) is 1.71. The van der Waals surface area contributed by atoms with Gasteiger partial charge in [0.2, 0.25) is 5.91 Å². The summed E-state index contributed by atoms with van der Waals surface area (Å²) in [6.07, 6.45) is 6.05. The van der Waals surface area contributed by atoms with Crippen LogP contribution in [0.25, 0.3) is 10.3 Å². The maximum atomic E-state index is 11.8. The topological polar surface area (TPSA) is 76.6 Å². The largest absolute Gasteiger partial charge is 0.478 e. The number of nitrogens with zero attached hydrogens (tertiary/aromatic N) is 3. The molecule has 1 amide bonds. The average Bonchev–Trinajstić information content (AvgIpc) is 3.26. The van der Waals surface area contributed by atoms with Crippen molar-refractivity contribution in [2.45, 2.75) is 57.7 Å². The standard InChI is InChI=1S/C23H26N4O3S/c1-14-9-21-22(24-12-14)26-23(31-21)30-20-7-5-19(6-8-20)29-13-25-16-10-17-3-4-18(11-16)27(17)15(2)28/h5-9,12,16-18,25H,3-4,10-11,13H2,1-2H3/t16-,17-,18+. The first-order valence-corrected chi connectivity index (χ1v) is 11.5. The van der Waals surface area contributed by atoms with E-state index in [1.807, 2.05) is 37.4 Å². The Hall–Kier alpha value is -2.71. The SMILES string of the molecule is CC(=O)N1[C@@H]2CC[C@H]1C[C@H](NCOc1ccc(Oc3nc4ncc(C)cc4s3)cc1)C2. The van der Waals surface area contributed by atoms with Crippen molar-refractivity contribution in [1.82, 2.24) is 20.2 Å². The fraction of sp³-hybridized carbons (Fsp3) is 0.435. The predicted octanol–water partition coefficient (Wildman–Crippen LogP) is 4.26. The molecule has 162 valence electrons. The number of aromatic nitrogens is 2. The Bertz CT molecular complexity index is 1070. The summed E-state index contributed by atoms with van der Waals surface area (Å²) in [4.78, 5) is 22.7. The van der Waals surface area contributed by atoms with Crippen LogP contribution in [0.5, 0.6) is 16.7 Å². The summed E-state index contributed by atoms with van der Waals surface area (Å²) in [6.45, 7) is 4.15. The van der Waals surface area contributed by atoms with Gasteiger partial charge in [-0.3, -0.25) is 10.1 Å². The molecule has 0 saturated carbocycles. The number of carbonyl (C=O) groups excluding carboxylic acids is 1. The third-order valence-corrected chi connectivity index (χ3v) is 6.97. The number of hydrogen-bond acceptors (Lipinski definition) is 7. The first-order chi connectivity index (χ1) is 15.0. The van der Waals surface area contributed by atoms with Gasteiger partial charge < -0.3 is 14.4 Å². The number of thiazole rings is 1. The molecule has 2 aliphatic heterocycles. The highest BCUT2D eigenvalue weighted by Crippen LogP contribution is 2.36. The molecule has 1 N–H and O–H groups in total. The van der Waals surface area contributed by atoms with Crippen molar-refractivity contribution < 1.29 is 14.3 Å². The molecule has 3 aromatic rings. The summed E-state index contributed by atoms with van der Waals surface area (Å²) in [5, 5.41) is 4.08. The molecule has 2 bridgehead atoms. The molecular weight excluding hydrogens is 412 g/mol. The molecule has 0 spiro atoms. The number of hydrogen-bond donors (Lipinski definition) is 1. The van der Waals surface area contributed by atoms with Crippen LogP contribution in [0.3, 0.4) is 0 Å². The van der Waals surface area contributed by atoms with E-state index < -0.39 is 0 Å². The van der Waals surface area contributed by atoms with Crippen LogP contribution in [-0.4, -0.2) is 45.6 Å². The van der Waals surface area contributed by atoms with Crippen LogP contribution in [0.15, 0.2) is 36.5 Å². The van der Waals surface area contributed by atoms with E-state index in [4.69, 9.17) is 9.47 Å². The van der Waals surface area contributed by atoms with E-state index in [0.717, 1.165) is 41.7 Å². The van der Waals surface area contributed by atoms with Crippen LogP contribution in [0.4, 0.5) is 0 Å². The first-order valence-electron chi connectivity index (χ1n) is 10.7. The second-order valence-electron chi connectivity index (χ2n) is 8.36. The Labute approximate surface area is 185 Å². The number of amides is 1. The number of benzene rings is 1. The lowest BCUT2D eigenvalue weighted by molar-refractivity contribution is -0.133. The van der Waals surface area contributed by atoms with Crippen LogP contribution in [0.1, 0.15) is 38.2 Å². The minimum absolute atomic E-state index is 0.210. The fourth-order valence-corrected chi connectivity index (χ4v) is 5.64. The fourth-order valence-electron chi connectivity index (χ4n) is 4.75. The number of rotatable bonds is 6. The van der Waals surface area contributed by atoms with Crippen LogP contribution < -0.4 is 14.8 Å². The number of nitrogens with one attached hydrogen (secondary N) is 1. The number of aryl methyl sites for hydroxylation is 1. The molecule has 1 aromatic carbocycles. The molecule has 31 heavy (non-hydrogen) atoms. The number of carbonyl (C=O) groups is 1. The third kappa shape index (κ3) is 4.36. The van der Waals surface area contributed by atoms with Gasteiger partial charge in [0.15, 0.2) is 5.65 Å². The van der Waals surface area contributed by atoms with E-state index in [9.17, 15) is 4.79 Å². The highest BCUT2D eigenvalue weighted by molar-refractivity contribution is 7.20. The van der Waals surface area contributed by atoms with Crippen LogP contribution in [0, 0.1) is 6.92 Å². The van der Waals surface area contributed by atoms with Crippen LogP contribution >= 0.6 is 11.3 Å². The zero-order valence-electron chi connectivity index (χ0n) is 17.7. The van der Waals surface area contributed by atoms with Crippen molar-refractivity contribution in [3.8, 4) is 16.7 Å².